The van der Waals surface area contributed by atoms with Gasteiger partial charge in [0.25, 0.3) is 0 Å². The van der Waals surface area contributed by atoms with E-state index in [9.17, 15) is 9.59 Å². The van der Waals surface area contributed by atoms with Gasteiger partial charge in [0.1, 0.15) is 5.84 Å². The highest BCUT2D eigenvalue weighted by Crippen LogP contribution is 2.38. The fourth-order valence-electron chi connectivity index (χ4n) is 3.77. The average molecular weight is 456 g/mol. The molecule has 8 heteroatoms. The summed E-state index contributed by atoms with van der Waals surface area (Å²) in [7, 11) is 2.76. The lowest BCUT2D eigenvalue weighted by atomic mass is 9.85. The van der Waals surface area contributed by atoms with Crippen LogP contribution in [0.3, 0.4) is 0 Å². The number of carbonyl (C=O) groups is 2. The van der Waals surface area contributed by atoms with Crippen molar-refractivity contribution in [3.8, 4) is 11.5 Å². The first-order chi connectivity index (χ1) is 15.5. The van der Waals surface area contributed by atoms with Crippen LogP contribution in [0.25, 0.3) is 0 Å². The van der Waals surface area contributed by atoms with Crippen molar-refractivity contribution in [3.05, 3.63) is 52.3 Å². The summed E-state index contributed by atoms with van der Waals surface area (Å²) in [4.78, 5) is 26.7. The molecule has 0 aromatic heterocycles. The van der Waals surface area contributed by atoms with Crippen molar-refractivity contribution in [1.29, 1.82) is 5.41 Å². The number of carbonyl (C=O) groups excluding carboxylic acids is 2. The second kappa shape index (κ2) is 9.21. The van der Waals surface area contributed by atoms with Crippen LogP contribution in [-0.4, -0.2) is 43.2 Å². The van der Waals surface area contributed by atoms with E-state index in [1.54, 1.807) is 19.1 Å². The van der Waals surface area contributed by atoms with Crippen LogP contribution in [0.2, 0.25) is 0 Å². The molecule has 0 bridgehead atoms. The maximum Gasteiger partial charge on any atom is 0.224 e. The van der Waals surface area contributed by atoms with E-state index in [0.29, 0.717) is 23.2 Å². The normalized spacial score (nSPS) is 13.1. The van der Waals surface area contributed by atoms with Gasteiger partial charge in [-0.05, 0) is 40.8 Å². The van der Waals surface area contributed by atoms with Crippen molar-refractivity contribution in [2.75, 3.05) is 26.1 Å². The second-order valence-electron chi connectivity index (χ2n) is 9.04. The van der Waals surface area contributed by atoms with Gasteiger partial charge in [-0.3, -0.25) is 15.0 Å². The molecule has 2 N–H and O–H groups in total. The number of amidine groups is 1. The standard InChI is InChI=1S/C25H30FN3O4/c1-7-20(31)28-17-9-14(8-16(11-17)25(2,3)4)18(30)13-29-12-15-10-19(32-5)23(33-6)22(26)21(15)24(29)27/h8-11,27H,7,12-13H2,1-6H3,(H,28,31). The fourth-order valence-corrected chi connectivity index (χ4v) is 3.77. The number of anilines is 1. The van der Waals surface area contributed by atoms with Crippen molar-refractivity contribution in [2.45, 2.75) is 46.1 Å². The van der Waals surface area contributed by atoms with E-state index >= 15 is 4.39 Å². The number of ether oxygens (including phenoxy) is 2. The molecule has 1 amide bonds. The third kappa shape index (κ3) is 4.84. The lowest BCUT2D eigenvalue weighted by Gasteiger charge is -2.22. The molecule has 0 aliphatic carbocycles. The van der Waals surface area contributed by atoms with Crippen molar-refractivity contribution in [3.63, 3.8) is 0 Å². The van der Waals surface area contributed by atoms with E-state index in [0.717, 1.165) is 5.56 Å². The Kier molecular flexibility index (Phi) is 6.76. The minimum absolute atomic E-state index is 0.0663. The number of methoxy groups -OCH3 is 2. The zero-order valence-corrected chi connectivity index (χ0v) is 19.9. The molecule has 0 unspecified atom stereocenters. The molecule has 0 atom stereocenters. The summed E-state index contributed by atoms with van der Waals surface area (Å²) >= 11 is 0. The topological polar surface area (TPSA) is 91.7 Å². The van der Waals surface area contributed by atoms with Crippen LogP contribution < -0.4 is 14.8 Å². The number of nitrogens with one attached hydrogen (secondary N) is 2. The van der Waals surface area contributed by atoms with Crippen LogP contribution in [-0.2, 0) is 16.8 Å². The van der Waals surface area contributed by atoms with Crippen molar-refractivity contribution >= 4 is 23.2 Å². The first-order valence-electron chi connectivity index (χ1n) is 10.8. The van der Waals surface area contributed by atoms with E-state index < -0.39 is 5.82 Å². The Morgan fingerprint density at radius 2 is 1.85 bits per heavy atom. The molecule has 1 aliphatic heterocycles. The number of hydrogen-bond donors (Lipinski definition) is 2. The van der Waals surface area contributed by atoms with E-state index in [2.05, 4.69) is 5.32 Å². The van der Waals surface area contributed by atoms with E-state index in [-0.39, 0.29) is 53.1 Å². The van der Waals surface area contributed by atoms with Gasteiger partial charge in [0, 0.05) is 24.2 Å². The molecule has 0 radical (unpaired) electrons. The third-order valence-electron chi connectivity index (χ3n) is 5.67. The average Bonchev–Trinajstić information content (AvgIpc) is 3.07. The Hall–Kier alpha value is -3.42. The molecule has 3 rings (SSSR count). The number of hydrogen-bond acceptors (Lipinski definition) is 5. The highest BCUT2D eigenvalue weighted by Gasteiger charge is 2.33. The van der Waals surface area contributed by atoms with Gasteiger partial charge in [-0.25, -0.2) is 4.39 Å². The molecule has 1 heterocycles. The first kappa shape index (κ1) is 24.2. The van der Waals surface area contributed by atoms with E-state index in [4.69, 9.17) is 14.9 Å². The predicted octanol–water partition coefficient (Wildman–Crippen LogP) is 4.51. The maximum absolute atomic E-state index is 15.0. The van der Waals surface area contributed by atoms with Gasteiger partial charge < -0.3 is 19.7 Å². The number of amides is 1. The zero-order chi connectivity index (χ0) is 24.5. The van der Waals surface area contributed by atoms with Gasteiger partial charge in [-0.15, -0.1) is 0 Å². The number of benzene rings is 2. The smallest absolute Gasteiger partial charge is 0.224 e. The minimum atomic E-state index is -0.675. The quantitative estimate of drug-likeness (QED) is 0.600. The Bertz CT molecular complexity index is 1120. The number of ketones is 1. The van der Waals surface area contributed by atoms with Gasteiger partial charge in [0.05, 0.1) is 26.3 Å². The Morgan fingerprint density at radius 1 is 1.15 bits per heavy atom. The van der Waals surface area contributed by atoms with Crippen LogP contribution in [0.1, 0.15) is 61.2 Å². The molecule has 33 heavy (non-hydrogen) atoms. The van der Waals surface area contributed by atoms with Gasteiger partial charge in [0.15, 0.2) is 23.1 Å². The second-order valence-corrected chi connectivity index (χ2v) is 9.04. The molecular weight excluding hydrogens is 425 g/mol. The summed E-state index contributed by atoms with van der Waals surface area (Å²) in [5.41, 5.74) is 2.31. The molecule has 2 aromatic rings. The first-order valence-corrected chi connectivity index (χ1v) is 10.8. The molecule has 0 fully saturated rings. The third-order valence-corrected chi connectivity index (χ3v) is 5.67. The van der Waals surface area contributed by atoms with Gasteiger partial charge in [-0.1, -0.05) is 27.7 Å². The van der Waals surface area contributed by atoms with Crippen LogP contribution >= 0.6 is 0 Å². The number of fused-ring (bicyclic) bond motifs is 1. The van der Waals surface area contributed by atoms with Gasteiger partial charge in [-0.2, -0.15) is 0 Å². The Labute approximate surface area is 193 Å². The van der Waals surface area contributed by atoms with Crippen LogP contribution in [0, 0.1) is 11.2 Å². The zero-order valence-electron chi connectivity index (χ0n) is 19.9. The summed E-state index contributed by atoms with van der Waals surface area (Å²) in [5.74, 6) is -0.957. The summed E-state index contributed by atoms with van der Waals surface area (Å²) in [5, 5.41) is 11.3. The monoisotopic (exact) mass is 455 g/mol. The molecular formula is C25H30FN3O4. The molecule has 0 saturated heterocycles. The lowest BCUT2D eigenvalue weighted by molar-refractivity contribution is -0.115. The molecule has 1 aliphatic rings. The van der Waals surface area contributed by atoms with Crippen molar-refractivity contribution in [2.24, 2.45) is 0 Å². The summed E-state index contributed by atoms with van der Waals surface area (Å²) < 4.78 is 25.3. The van der Waals surface area contributed by atoms with Crippen molar-refractivity contribution in [1.82, 2.24) is 4.90 Å². The SMILES string of the molecule is CCC(=O)Nc1cc(C(=O)CN2Cc3cc(OC)c(OC)c(F)c3C2=N)cc(C(C)(C)C)c1. The van der Waals surface area contributed by atoms with Crippen LogP contribution in [0.15, 0.2) is 24.3 Å². The van der Waals surface area contributed by atoms with Crippen LogP contribution in [0.5, 0.6) is 11.5 Å². The van der Waals surface area contributed by atoms with Gasteiger partial charge >= 0.3 is 0 Å². The van der Waals surface area contributed by atoms with E-state index in [1.165, 1.54) is 19.1 Å². The summed E-state index contributed by atoms with van der Waals surface area (Å²) in [6, 6.07) is 6.95. The Morgan fingerprint density at radius 3 is 2.42 bits per heavy atom. The molecule has 0 saturated carbocycles. The van der Waals surface area contributed by atoms with Gasteiger partial charge in [0.2, 0.25) is 5.91 Å². The summed E-state index contributed by atoms with van der Waals surface area (Å²) in [6.07, 6.45) is 0.324. The number of rotatable bonds is 7. The van der Waals surface area contributed by atoms with Crippen LogP contribution in [0.4, 0.5) is 10.1 Å². The highest BCUT2D eigenvalue weighted by atomic mass is 19.1. The van der Waals surface area contributed by atoms with E-state index in [1.807, 2.05) is 32.9 Å². The fraction of sp³-hybridized carbons (Fsp3) is 0.400. The lowest BCUT2D eigenvalue weighted by Crippen LogP contribution is -2.30. The maximum atomic E-state index is 15.0. The molecule has 176 valence electrons. The highest BCUT2D eigenvalue weighted by molar-refractivity contribution is 6.06. The number of nitrogens with zero attached hydrogens (tertiary/aromatic N) is 1. The van der Waals surface area contributed by atoms with Crippen molar-refractivity contribution < 1.29 is 23.5 Å². The number of halogens is 1. The number of Topliss-reactive ketones (excluding diaryl/α,β-unsaturated/α-hetero) is 1. The predicted molar refractivity (Wildman–Crippen MR) is 125 cm³/mol. The molecule has 7 nitrogen and oxygen atoms in total. The Balaban J connectivity index is 1.91. The largest absolute Gasteiger partial charge is 0.493 e. The molecule has 0 spiro atoms. The molecule has 2 aromatic carbocycles. The minimum Gasteiger partial charge on any atom is -0.493 e. The summed E-state index contributed by atoms with van der Waals surface area (Å²) in [6.45, 7) is 7.94.